The van der Waals surface area contributed by atoms with Crippen LogP contribution in [0.15, 0.2) is 24.3 Å². The molecule has 0 saturated carbocycles. The maximum Gasteiger partial charge on any atom is 0.263 e. The lowest BCUT2D eigenvalue weighted by molar-refractivity contribution is -0.0281. The number of alkyl halides is 2. The van der Waals surface area contributed by atoms with Crippen LogP contribution in [0, 0.1) is 5.92 Å². The molecule has 0 amide bonds. The van der Waals surface area contributed by atoms with Crippen LogP contribution in [-0.2, 0) is 9.47 Å². The Morgan fingerprint density at radius 2 is 2.29 bits per heavy atom. The molecule has 1 aliphatic heterocycles. The maximum atomic E-state index is 12.8. The molecule has 1 aliphatic rings. The van der Waals surface area contributed by atoms with E-state index in [0.29, 0.717) is 19.1 Å². The fraction of sp³-hybridized carbons (Fsp3) is 0.625. The van der Waals surface area contributed by atoms with Gasteiger partial charge in [-0.1, -0.05) is 18.2 Å². The first-order valence-corrected chi connectivity index (χ1v) is 7.41. The molecule has 1 N–H and O–H groups in total. The average Bonchev–Trinajstić information content (AvgIpc) is 2.52. The molecule has 2 unspecified atom stereocenters. The van der Waals surface area contributed by atoms with Gasteiger partial charge in [0, 0.05) is 38.3 Å². The van der Waals surface area contributed by atoms with Crippen LogP contribution in [0.1, 0.15) is 36.5 Å². The van der Waals surface area contributed by atoms with E-state index in [4.69, 9.17) is 9.47 Å². The molecule has 5 heteroatoms. The number of benzene rings is 1. The summed E-state index contributed by atoms with van der Waals surface area (Å²) in [6.07, 6.45) is -0.482. The highest BCUT2D eigenvalue weighted by Crippen LogP contribution is 2.34. The van der Waals surface area contributed by atoms with E-state index in [1.807, 2.05) is 6.07 Å². The van der Waals surface area contributed by atoms with Crippen molar-refractivity contribution in [3.05, 3.63) is 35.4 Å². The predicted octanol–water partition coefficient (Wildman–Crippen LogP) is 3.33. The summed E-state index contributed by atoms with van der Waals surface area (Å²) >= 11 is 0. The SMILES string of the molecule is COCCNCC1CCCOC1c1cccc(C(F)F)c1. The highest BCUT2D eigenvalue weighted by atomic mass is 19.3. The van der Waals surface area contributed by atoms with Gasteiger partial charge in [0.15, 0.2) is 0 Å². The van der Waals surface area contributed by atoms with Gasteiger partial charge < -0.3 is 14.8 Å². The zero-order valence-electron chi connectivity index (χ0n) is 12.4. The first-order valence-electron chi connectivity index (χ1n) is 7.41. The second-order valence-electron chi connectivity index (χ2n) is 5.36. The molecular weight excluding hydrogens is 276 g/mol. The van der Waals surface area contributed by atoms with Crippen molar-refractivity contribution >= 4 is 0 Å². The Morgan fingerprint density at radius 3 is 3.05 bits per heavy atom. The molecule has 0 aromatic heterocycles. The Hall–Kier alpha value is -1.04. The third kappa shape index (κ3) is 4.73. The van der Waals surface area contributed by atoms with E-state index < -0.39 is 6.43 Å². The summed E-state index contributed by atoms with van der Waals surface area (Å²) in [6.45, 7) is 2.96. The van der Waals surface area contributed by atoms with Crippen molar-refractivity contribution in [2.75, 3.05) is 33.4 Å². The number of methoxy groups -OCH3 is 1. The quantitative estimate of drug-likeness (QED) is 0.783. The molecule has 21 heavy (non-hydrogen) atoms. The Bertz CT molecular complexity index is 428. The molecule has 1 aromatic rings. The molecule has 1 heterocycles. The molecule has 0 bridgehead atoms. The normalized spacial score (nSPS) is 22.7. The average molecular weight is 299 g/mol. The van der Waals surface area contributed by atoms with Gasteiger partial charge in [0.05, 0.1) is 12.7 Å². The molecule has 118 valence electrons. The van der Waals surface area contributed by atoms with E-state index in [-0.39, 0.29) is 11.7 Å². The van der Waals surface area contributed by atoms with E-state index in [0.717, 1.165) is 31.5 Å². The van der Waals surface area contributed by atoms with Gasteiger partial charge in [-0.3, -0.25) is 0 Å². The van der Waals surface area contributed by atoms with Crippen molar-refractivity contribution in [1.29, 1.82) is 0 Å². The van der Waals surface area contributed by atoms with Gasteiger partial charge in [0.25, 0.3) is 6.43 Å². The molecule has 0 spiro atoms. The zero-order chi connectivity index (χ0) is 15.1. The minimum atomic E-state index is -2.44. The first-order chi connectivity index (χ1) is 10.2. The van der Waals surface area contributed by atoms with E-state index in [1.54, 1.807) is 19.2 Å². The molecule has 1 fully saturated rings. The summed E-state index contributed by atoms with van der Waals surface area (Å²) in [5.74, 6) is 0.309. The maximum absolute atomic E-state index is 12.8. The zero-order valence-corrected chi connectivity index (χ0v) is 12.4. The van der Waals surface area contributed by atoms with Crippen molar-refractivity contribution in [3.8, 4) is 0 Å². The first kappa shape index (κ1) is 16.3. The van der Waals surface area contributed by atoms with Crippen molar-refractivity contribution in [3.63, 3.8) is 0 Å². The summed E-state index contributed by atoms with van der Waals surface area (Å²) in [5.41, 5.74) is 0.916. The van der Waals surface area contributed by atoms with Crippen LogP contribution in [0.2, 0.25) is 0 Å². The molecule has 2 rings (SSSR count). The number of hydrogen-bond acceptors (Lipinski definition) is 3. The number of halogens is 2. The van der Waals surface area contributed by atoms with Crippen molar-refractivity contribution < 1.29 is 18.3 Å². The summed E-state index contributed by atoms with van der Waals surface area (Å²) in [6, 6.07) is 6.60. The van der Waals surface area contributed by atoms with Gasteiger partial charge in [-0.05, 0) is 24.5 Å². The van der Waals surface area contributed by atoms with Gasteiger partial charge in [-0.15, -0.1) is 0 Å². The monoisotopic (exact) mass is 299 g/mol. The summed E-state index contributed by atoms with van der Waals surface area (Å²) in [5, 5.41) is 3.34. The summed E-state index contributed by atoms with van der Waals surface area (Å²) in [7, 11) is 1.67. The van der Waals surface area contributed by atoms with Gasteiger partial charge in [-0.2, -0.15) is 0 Å². The highest BCUT2D eigenvalue weighted by Gasteiger charge is 2.27. The highest BCUT2D eigenvalue weighted by molar-refractivity contribution is 5.26. The predicted molar refractivity (Wildman–Crippen MR) is 77.6 cm³/mol. The molecular formula is C16H23F2NO2. The molecule has 1 aromatic carbocycles. The molecule has 3 nitrogen and oxygen atoms in total. The lowest BCUT2D eigenvalue weighted by atomic mass is 9.89. The van der Waals surface area contributed by atoms with Crippen LogP contribution in [0.3, 0.4) is 0 Å². The van der Waals surface area contributed by atoms with Gasteiger partial charge in [0.1, 0.15) is 0 Å². The smallest absolute Gasteiger partial charge is 0.263 e. The van der Waals surface area contributed by atoms with E-state index >= 15 is 0 Å². The fourth-order valence-corrected chi connectivity index (χ4v) is 2.75. The van der Waals surface area contributed by atoms with Crippen molar-refractivity contribution in [1.82, 2.24) is 5.32 Å². The lowest BCUT2D eigenvalue weighted by Crippen LogP contribution is -2.33. The van der Waals surface area contributed by atoms with Crippen molar-refractivity contribution in [2.24, 2.45) is 5.92 Å². The summed E-state index contributed by atoms with van der Waals surface area (Å²) in [4.78, 5) is 0. The second kappa shape index (κ2) is 8.41. The molecule has 2 atom stereocenters. The number of nitrogens with one attached hydrogen (secondary N) is 1. The van der Waals surface area contributed by atoms with Gasteiger partial charge in [0.2, 0.25) is 0 Å². The van der Waals surface area contributed by atoms with Crippen LogP contribution in [0.25, 0.3) is 0 Å². The third-order valence-corrected chi connectivity index (χ3v) is 3.83. The van der Waals surface area contributed by atoms with Crippen LogP contribution in [-0.4, -0.2) is 33.4 Å². The van der Waals surface area contributed by atoms with Crippen LogP contribution >= 0.6 is 0 Å². The largest absolute Gasteiger partial charge is 0.383 e. The van der Waals surface area contributed by atoms with Gasteiger partial charge >= 0.3 is 0 Å². The molecule has 0 aliphatic carbocycles. The number of rotatable bonds is 7. The minimum absolute atomic E-state index is 0.0627. The van der Waals surface area contributed by atoms with E-state index in [9.17, 15) is 8.78 Å². The minimum Gasteiger partial charge on any atom is -0.383 e. The van der Waals surface area contributed by atoms with Crippen molar-refractivity contribution in [2.45, 2.75) is 25.4 Å². The Morgan fingerprint density at radius 1 is 1.43 bits per heavy atom. The number of ether oxygens (including phenoxy) is 2. The third-order valence-electron chi connectivity index (χ3n) is 3.83. The van der Waals surface area contributed by atoms with E-state index in [1.165, 1.54) is 6.07 Å². The standard InChI is InChI=1S/C16H23F2NO2/c1-20-9-7-19-11-14-6-3-8-21-15(14)12-4-2-5-13(10-12)16(17)18/h2,4-5,10,14-16,19H,3,6-9,11H2,1H3. The Balaban J connectivity index is 2.02. The van der Waals surface area contributed by atoms with Crippen LogP contribution < -0.4 is 5.32 Å². The lowest BCUT2D eigenvalue weighted by Gasteiger charge is -2.32. The van der Waals surface area contributed by atoms with E-state index in [2.05, 4.69) is 5.32 Å². The fourth-order valence-electron chi connectivity index (χ4n) is 2.75. The van der Waals surface area contributed by atoms with Gasteiger partial charge in [-0.25, -0.2) is 8.78 Å². The number of hydrogen-bond donors (Lipinski definition) is 1. The second-order valence-corrected chi connectivity index (χ2v) is 5.36. The van der Waals surface area contributed by atoms with Crippen LogP contribution in [0.4, 0.5) is 8.78 Å². The topological polar surface area (TPSA) is 30.5 Å². The Kier molecular flexibility index (Phi) is 6.54. The molecule has 1 saturated heterocycles. The summed E-state index contributed by atoms with van der Waals surface area (Å²) < 4.78 is 36.5. The molecule has 0 radical (unpaired) electrons. The Labute approximate surface area is 124 Å². The van der Waals surface area contributed by atoms with Crippen LogP contribution in [0.5, 0.6) is 0 Å².